The molecule has 86 valence electrons. The van der Waals surface area contributed by atoms with Crippen LogP contribution >= 0.6 is 0 Å². The van der Waals surface area contributed by atoms with Crippen molar-refractivity contribution in [1.29, 1.82) is 0 Å². The number of aryl methyl sites for hydroxylation is 2. The van der Waals surface area contributed by atoms with E-state index in [1.54, 1.807) is 0 Å². The van der Waals surface area contributed by atoms with Crippen LogP contribution in [0.5, 0.6) is 0 Å². The van der Waals surface area contributed by atoms with Crippen molar-refractivity contribution in [3.8, 4) is 0 Å². The van der Waals surface area contributed by atoms with Gasteiger partial charge in [0, 0.05) is 6.20 Å². The van der Waals surface area contributed by atoms with Crippen LogP contribution in [0.15, 0.2) is 6.20 Å². The number of nitrogens with one attached hydrogen (secondary N) is 2. The summed E-state index contributed by atoms with van der Waals surface area (Å²) in [5.74, 6) is 1.01. The third-order valence-corrected chi connectivity index (χ3v) is 2.50. The molecule has 1 rings (SSSR count). The molecule has 0 atom stereocenters. The maximum atomic E-state index is 4.37. The highest BCUT2D eigenvalue weighted by atomic mass is 14.9. The van der Waals surface area contributed by atoms with Crippen LogP contribution in [-0.4, -0.2) is 23.1 Å². The Labute approximate surface area is 92.7 Å². The Kier molecular flexibility index (Phi) is 6.09. The summed E-state index contributed by atoms with van der Waals surface area (Å²) in [5.41, 5.74) is 1.18. The smallest absolute Gasteiger partial charge is 0.103 e. The maximum Gasteiger partial charge on any atom is 0.103 e. The highest BCUT2D eigenvalue weighted by Crippen LogP contribution is 1.99. The Morgan fingerprint density at radius 2 is 2.07 bits per heavy atom. The quantitative estimate of drug-likeness (QED) is 0.646. The fourth-order valence-corrected chi connectivity index (χ4v) is 1.62. The number of nitrogens with zero attached hydrogens (tertiary/aromatic N) is 1. The van der Waals surface area contributed by atoms with Gasteiger partial charge in [-0.1, -0.05) is 19.8 Å². The van der Waals surface area contributed by atoms with Crippen molar-refractivity contribution < 1.29 is 0 Å². The van der Waals surface area contributed by atoms with Crippen molar-refractivity contribution >= 4 is 0 Å². The van der Waals surface area contributed by atoms with Crippen LogP contribution in [0.2, 0.25) is 0 Å². The summed E-state index contributed by atoms with van der Waals surface area (Å²) >= 11 is 0. The lowest BCUT2D eigenvalue weighted by Crippen LogP contribution is -2.17. The zero-order valence-corrected chi connectivity index (χ0v) is 9.97. The van der Waals surface area contributed by atoms with Gasteiger partial charge in [0.25, 0.3) is 0 Å². The van der Waals surface area contributed by atoms with Crippen LogP contribution < -0.4 is 5.32 Å². The first kappa shape index (κ1) is 12.2. The highest BCUT2D eigenvalue weighted by Gasteiger charge is 1.96. The zero-order chi connectivity index (χ0) is 10.9. The van der Waals surface area contributed by atoms with Gasteiger partial charge in [0.2, 0.25) is 0 Å². The Hall–Kier alpha value is -0.830. The predicted molar refractivity (Wildman–Crippen MR) is 64.0 cm³/mol. The molecule has 1 aromatic rings. The van der Waals surface area contributed by atoms with Gasteiger partial charge >= 0.3 is 0 Å². The number of aromatic nitrogens is 2. The molecule has 0 amide bonds. The second-order valence-corrected chi connectivity index (χ2v) is 4.04. The number of unbranched alkanes of at least 4 members (excludes halogenated alkanes) is 2. The first-order valence-electron chi connectivity index (χ1n) is 6.04. The molecule has 0 radical (unpaired) electrons. The van der Waals surface area contributed by atoms with E-state index in [9.17, 15) is 0 Å². The SMILES string of the molecule is CCCCCNCCCc1c[nH]c(C)n1. The molecule has 0 saturated carbocycles. The lowest BCUT2D eigenvalue weighted by atomic mass is 10.2. The van der Waals surface area contributed by atoms with Crippen LogP contribution in [0.1, 0.15) is 44.1 Å². The van der Waals surface area contributed by atoms with E-state index in [1.807, 2.05) is 13.1 Å². The van der Waals surface area contributed by atoms with Gasteiger partial charge in [-0.2, -0.15) is 0 Å². The van der Waals surface area contributed by atoms with E-state index in [2.05, 4.69) is 22.2 Å². The average molecular weight is 209 g/mol. The Balaban J connectivity index is 1.93. The third-order valence-electron chi connectivity index (χ3n) is 2.50. The lowest BCUT2D eigenvalue weighted by Gasteiger charge is -2.02. The number of imidazole rings is 1. The van der Waals surface area contributed by atoms with Crippen molar-refractivity contribution in [2.45, 2.75) is 46.0 Å². The second-order valence-electron chi connectivity index (χ2n) is 4.04. The van der Waals surface area contributed by atoms with E-state index in [0.717, 1.165) is 25.3 Å². The molecular formula is C12H23N3. The van der Waals surface area contributed by atoms with Gasteiger partial charge in [0.15, 0.2) is 0 Å². The van der Waals surface area contributed by atoms with E-state index >= 15 is 0 Å². The van der Waals surface area contributed by atoms with Crippen molar-refractivity contribution in [3.63, 3.8) is 0 Å². The average Bonchev–Trinajstić information content (AvgIpc) is 2.63. The molecular weight excluding hydrogens is 186 g/mol. The largest absolute Gasteiger partial charge is 0.349 e. The molecule has 0 aliphatic rings. The summed E-state index contributed by atoms with van der Waals surface area (Å²) in [6, 6.07) is 0. The molecule has 0 spiro atoms. The van der Waals surface area contributed by atoms with Crippen molar-refractivity contribution in [2.75, 3.05) is 13.1 Å². The summed E-state index contributed by atoms with van der Waals surface area (Å²) in [6.07, 6.45) is 8.20. The molecule has 0 aromatic carbocycles. The molecule has 0 saturated heterocycles. The molecule has 2 N–H and O–H groups in total. The fourth-order valence-electron chi connectivity index (χ4n) is 1.62. The van der Waals surface area contributed by atoms with Crippen LogP contribution in [-0.2, 0) is 6.42 Å². The number of aromatic amines is 1. The van der Waals surface area contributed by atoms with Gasteiger partial charge in [0.1, 0.15) is 5.82 Å². The third kappa shape index (κ3) is 5.57. The first-order chi connectivity index (χ1) is 7.33. The molecule has 3 nitrogen and oxygen atoms in total. The molecule has 15 heavy (non-hydrogen) atoms. The highest BCUT2D eigenvalue weighted by molar-refractivity contribution is 4.99. The summed E-state index contributed by atoms with van der Waals surface area (Å²) in [4.78, 5) is 7.48. The van der Waals surface area contributed by atoms with Gasteiger partial charge < -0.3 is 10.3 Å². The fraction of sp³-hybridized carbons (Fsp3) is 0.750. The van der Waals surface area contributed by atoms with E-state index < -0.39 is 0 Å². The zero-order valence-electron chi connectivity index (χ0n) is 9.97. The number of H-pyrrole nitrogens is 1. The number of hydrogen-bond acceptors (Lipinski definition) is 2. The van der Waals surface area contributed by atoms with Gasteiger partial charge in [-0.15, -0.1) is 0 Å². The molecule has 0 bridgehead atoms. The van der Waals surface area contributed by atoms with Gasteiger partial charge in [0.05, 0.1) is 5.69 Å². The van der Waals surface area contributed by atoms with E-state index in [-0.39, 0.29) is 0 Å². The van der Waals surface area contributed by atoms with Crippen molar-refractivity contribution in [3.05, 3.63) is 17.7 Å². The Morgan fingerprint density at radius 1 is 1.27 bits per heavy atom. The maximum absolute atomic E-state index is 4.37. The molecule has 1 aromatic heterocycles. The van der Waals surface area contributed by atoms with E-state index in [0.29, 0.717) is 0 Å². The molecule has 0 fully saturated rings. The second kappa shape index (κ2) is 7.46. The predicted octanol–water partition coefficient (Wildman–Crippen LogP) is 2.43. The number of hydrogen-bond donors (Lipinski definition) is 2. The minimum atomic E-state index is 1.01. The summed E-state index contributed by atoms with van der Waals surface area (Å²) < 4.78 is 0. The minimum Gasteiger partial charge on any atom is -0.349 e. The Morgan fingerprint density at radius 3 is 2.73 bits per heavy atom. The van der Waals surface area contributed by atoms with Crippen LogP contribution in [0.3, 0.4) is 0 Å². The van der Waals surface area contributed by atoms with Crippen molar-refractivity contribution in [1.82, 2.24) is 15.3 Å². The standard InChI is InChI=1S/C12H23N3/c1-3-4-5-8-13-9-6-7-12-10-14-11(2)15-12/h10,13H,3-9H2,1-2H3,(H,14,15). The molecule has 0 aliphatic heterocycles. The van der Waals surface area contributed by atoms with Crippen LogP contribution in [0, 0.1) is 6.92 Å². The van der Waals surface area contributed by atoms with Gasteiger partial charge in [-0.05, 0) is 39.3 Å². The minimum absolute atomic E-state index is 1.01. The van der Waals surface area contributed by atoms with Crippen LogP contribution in [0.25, 0.3) is 0 Å². The number of rotatable bonds is 8. The summed E-state index contributed by atoms with van der Waals surface area (Å²) in [7, 11) is 0. The Bertz CT molecular complexity index is 255. The first-order valence-corrected chi connectivity index (χ1v) is 6.04. The van der Waals surface area contributed by atoms with Crippen molar-refractivity contribution in [2.24, 2.45) is 0 Å². The van der Waals surface area contributed by atoms with E-state index in [1.165, 1.54) is 31.4 Å². The van der Waals surface area contributed by atoms with Crippen LogP contribution in [0.4, 0.5) is 0 Å². The summed E-state index contributed by atoms with van der Waals surface area (Å²) in [5, 5.41) is 3.46. The van der Waals surface area contributed by atoms with E-state index in [4.69, 9.17) is 0 Å². The molecule has 0 unspecified atom stereocenters. The molecule has 0 aliphatic carbocycles. The molecule has 1 heterocycles. The summed E-state index contributed by atoms with van der Waals surface area (Å²) in [6.45, 7) is 6.50. The lowest BCUT2D eigenvalue weighted by molar-refractivity contribution is 0.597. The van der Waals surface area contributed by atoms with Gasteiger partial charge in [-0.3, -0.25) is 0 Å². The topological polar surface area (TPSA) is 40.7 Å². The molecule has 3 heteroatoms. The van der Waals surface area contributed by atoms with Gasteiger partial charge in [-0.25, -0.2) is 4.98 Å². The normalized spacial score (nSPS) is 10.8. The monoisotopic (exact) mass is 209 g/mol.